The Morgan fingerprint density at radius 1 is 1.58 bits per heavy atom. The van der Waals surface area contributed by atoms with Crippen LogP contribution in [0.2, 0.25) is 0 Å². The number of nitrogens with one attached hydrogen (secondary N) is 2. The van der Waals surface area contributed by atoms with Crippen LogP contribution in [-0.2, 0) is 4.74 Å². The first kappa shape index (κ1) is 12.8. The van der Waals surface area contributed by atoms with E-state index in [1.807, 2.05) is 5.38 Å². The molecule has 19 heavy (non-hydrogen) atoms. The fourth-order valence-corrected chi connectivity index (χ4v) is 2.79. The maximum absolute atomic E-state index is 11.7. The molecule has 1 atom stereocenters. The summed E-state index contributed by atoms with van der Waals surface area (Å²) in [6.07, 6.45) is 4.38. The summed E-state index contributed by atoms with van der Waals surface area (Å²) in [6.45, 7) is 3.24. The molecule has 0 spiro atoms. The SMILES string of the molecule is O=C(NCC1CN(C2CC2)CCO1)Nc1nccs1. The van der Waals surface area contributed by atoms with Crippen molar-refractivity contribution in [2.75, 3.05) is 31.6 Å². The monoisotopic (exact) mass is 282 g/mol. The Hall–Kier alpha value is -1.18. The minimum atomic E-state index is -0.220. The van der Waals surface area contributed by atoms with E-state index in [0.29, 0.717) is 11.7 Å². The van der Waals surface area contributed by atoms with E-state index in [2.05, 4.69) is 20.5 Å². The molecule has 1 unspecified atom stereocenters. The van der Waals surface area contributed by atoms with Crippen LogP contribution in [0.5, 0.6) is 0 Å². The molecule has 1 saturated heterocycles. The van der Waals surface area contributed by atoms with Gasteiger partial charge in [0.15, 0.2) is 5.13 Å². The van der Waals surface area contributed by atoms with E-state index in [-0.39, 0.29) is 12.1 Å². The number of carbonyl (C=O) groups is 1. The molecule has 0 aromatic carbocycles. The summed E-state index contributed by atoms with van der Waals surface area (Å²) in [4.78, 5) is 18.1. The van der Waals surface area contributed by atoms with Gasteiger partial charge in [0.1, 0.15) is 0 Å². The van der Waals surface area contributed by atoms with Crippen molar-refractivity contribution >= 4 is 22.5 Å². The van der Waals surface area contributed by atoms with Crippen LogP contribution in [0, 0.1) is 0 Å². The molecule has 6 nitrogen and oxygen atoms in total. The first-order valence-electron chi connectivity index (χ1n) is 6.61. The molecular weight excluding hydrogens is 264 g/mol. The number of anilines is 1. The molecule has 7 heteroatoms. The van der Waals surface area contributed by atoms with E-state index in [1.165, 1.54) is 24.2 Å². The zero-order valence-electron chi connectivity index (χ0n) is 10.7. The molecule has 2 amide bonds. The van der Waals surface area contributed by atoms with Gasteiger partial charge >= 0.3 is 6.03 Å². The van der Waals surface area contributed by atoms with Gasteiger partial charge in [-0.05, 0) is 12.8 Å². The molecule has 0 bridgehead atoms. The van der Waals surface area contributed by atoms with Gasteiger partial charge in [-0.1, -0.05) is 0 Å². The average Bonchev–Trinajstić information content (AvgIpc) is 3.16. The lowest BCUT2D eigenvalue weighted by Gasteiger charge is -2.33. The Morgan fingerprint density at radius 2 is 2.47 bits per heavy atom. The fourth-order valence-electron chi connectivity index (χ4n) is 2.27. The first-order valence-corrected chi connectivity index (χ1v) is 7.49. The number of aromatic nitrogens is 1. The third-order valence-electron chi connectivity index (χ3n) is 3.38. The molecule has 2 N–H and O–H groups in total. The van der Waals surface area contributed by atoms with Crippen molar-refractivity contribution in [3.05, 3.63) is 11.6 Å². The fraction of sp³-hybridized carbons (Fsp3) is 0.667. The molecular formula is C12H18N4O2S. The summed E-state index contributed by atoms with van der Waals surface area (Å²) >= 11 is 1.40. The highest BCUT2D eigenvalue weighted by Crippen LogP contribution is 2.28. The predicted octanol–water partition coefficient (Wildman–Crippen LogP) is 1.13. The second-order valence-corrected chi connectivity index (χ2v) is 5.79. The topological polar surface area (TPSA) is 66.5 Å². The van der Waals surface area contributed by atoms with Gasteiger partial charge in [0, 0.05) is 37.3 Å². The summed E-state index contributed by atoms with van der Waals surface area (Å²) in [7, 11) is 0. The number of amides is 2. The average molecular weight is 282 g/mol. The summed E-state index contributed by atoms with van der Waals surface area (Å²) in [5.74, 6) is 0. The summed E-state index contributed by atoms with van der Waals surface area (Å²) in [5.41, 5.74) is 0. The first-order chi connectivity index (χ1) is 9.31. The van der Waals surface area contributed by atoms with E-state index in [4.69, 9.17) is 4.74 Å². The Bertz CT molecular complexity index is 421. The van der Waals surface area contributed by atoms with Gasteiger partial charge < -0.3 is 10.1 Å². The van der Waals surface area contributed by atoms with Crippen LogP contribution >= 0.6 is 11.3 Å². The lowest BCUT2D eigenvalue weighted by Crippen LogP contribution is -2.48. The van der Waals surface area contributed by atoms with Crippen LogP contribution in [0.4, 0.5) is 9.93 Å². The molecule has 1 saturated carbocycles. The van der Waals surface area contributed by atoms with Gasteiger partial charge in [0.25, 0.3) is 0 Å². The standard InChI is InChI=1S/C12H18N4O2S/c17-11(15-12-13-3-6-19-12)14-7-10-8-16(4-5-18-10)9-1-2-9/h3,6,9-10H,1-2,4-5,7-8H2,(H2,13,14,15,17). The third-order valence-corrected chi connectivity index (χ3v) is 4.07. The minimum Gasteiger partial charge on any atom is -0.374 e. The maximum Gasteiger partial charge on any atom is 0.321 e. The Balaban J connectivity index is 1.40. The number of hydrogen-bond acceptors (Lipinski definition) is 5. The number of morpholine rings is 1. The normalized spacial score (nSPS) is 24.1. The van der Waals surface area contributed by atoms with Crippen LogP contribution in [0.15, 0.2) is 11.6 Å². The zero-order chi connectivity index (χ0) is 13.1. The molecule has 1 aliphatic heterocycles. The number of thiazole rings is 1. The lowest BCUT2D eigenvalue weighted by molar-refractivity contribution is -0.0286. The van der Waals surface area contributed by atoms with Crippen LogP contribution in [0.3, 0.4) is 0 Å². The van der Waals surface area contributed by atoms with Crippen LogP contribution in [0.25, 0.3) is 0 Å². The highest BCUT2D eigenvalue weighted by Gasteiger charge is 2.32. The number of ether oxygens (including phenoxy) is 1. The second kappa shape index (κ2) is 5.85. The summed E-state index contributed by atoms with van der Waals surface area (Å²) < 4.78 is 5.67. The van der Waals surface area contributed by atoms with Crippen molar-refractivity contribution in [2.24, 2.45) is 0 Å². The zero-order valence-corrected chi connectivity index (χ0v) is 11.5. The lowest BCUT2D eigenvalue weighted by atomic mass is 10.2. The van der Waals surface area contributed by atoms with Crippen molar-refractivity contribution in [1.82, 2.24) is 15.2 Å². The number of nitrogens with zero attached hydrogens (tertiary/aromatic N) is 2. The van der Waals surface area contributed by atoms with E-state index >= 15 is 0 Å². The van der Waals surface area contributed by atoms with E-state index in [1.54, 1.807) is 6.20 Å². The largest absolute Gasteiger partial charge is 0.374 e. The van der Waals surface area contributed by atoms with Crippen molar-refractivity contribution in [3.8, 4) is 0 Å². The summed E-state index contributed by atoms with van der Waals surface area (Å²) in [5, 5.41) is 7.97. The van der Waals surface area contributed by atoms with Crippen molar-refractivity contribution < 1.29 is 9.53 Å². The predicted molar refractivity (Wildman–Crippen MR) is 73.5 cm³/mol. The summed E-state index contributed by atoms with van der Waals surface area (Å²) in [6, 6.07) is 0.539. The van der Waals surface area contributed by atoms with Gasteiger partial charge in [0.05, 0.1) is 12.7 Å². The van der Waals surface area contributed by atoms with Gasteiger partial charge in [-0.15, -0.1) is 11.3 Å². The maximum atomic E-state index is 11.7. The van der Waals surface area contributed by atoms with Gasteiger partial charge in [0.2, 0.25) is 0 Å². The molecule has 2 fully saturated rings. The van der Waals surface area contributed by atoms with Gasteiger partial charge in [-0.3, -0.25) is 10.2 Å². The Morgan fingerprint density at radius 3 is 3.21 bits per heavy atom. The van der Waals surface area contributed by atoms with Gasteiger partial charge in [-0.2, -0.15) is 0 Å². The highest BCUT2D eigenvalue weighted by atomic mass is 32.1. The number of urea groups is 1. The number of hydrogen-bond donors (Lipinski definition) is 2. The molecule has 104 valence electrons. The number of carbonyl (C=O) groups excluding carboxylic acids is 1. The molecule has 3 rings (SSSR count). The van der Waals surface area contributed by atoms with Crippen LogP contribution in [-0.4, -0.2) is 54.3 Å². The van der Waals surface area contributed by atoms with Crippen molar-refractivity contribution in [1.29, 1.82) is 0 Å². The second-order valence-electron chi connectivity index (χ2n) is 4.89. The van der Waals surface area contributed by atoms with E-state index in [9.17, 15) is 4.79 Å². The smallest absolute Gasteiger partial charge is 0.321 e. The molecule has 1 aromatic rings. The molecule has 0 radical (unpaired) electrons. The van der Waals surface area contributed by atoms with Crippen LogP contribution in [0.1, 0.15) is 12.8 Å². The molecule has 1 aromatic heterocycles. The minimum absolute atomic E-state index is 0.0939. The Kier molecular flexibility index (Phi) is 3.95. The molecule has 2 aliphatic rings. The third kappa shape index (κ3) is 3.65. The quantitative estimate of drug-likeness (QED) is 0.869. The number of rotatable bonds is 4. The van der Waals surface area contributed by atoms with E-state index < -0.39 is 0 Å². The van der Waals surface area contributed by atoms with Crippen molar-refractivity contribution in [3.63, 3.8) is 0 Å². The molecule has 2 heterocycles. The molecule has 1 aliphatic carbocycles. The highest BCUT2D eigenvalue weighted by molar-refractivity contribution is 7.13. The van der Waals surface area contributed by atoms with E-state index in [0.717, 1.165) is 25.7 Å². The van der Waals surface area contributed by atoms with Crippen molar-refractivity contribution in [2.45, 2.75) is 25.0 Å². The Labute approximate surface area is 116 Å². The van der Waals surface area contributed by atoms with Crippen LogP contribution < -0.4 is 10.6 Å². The van der Waals surface area contributed by atoms with Gasteiger partial charge in [-0.25, -0.2) is 9.78 Å².